The van der Waals surface area contributed by atoms with Crippen molar-refractivity contribution in [1.29, 1.82) is 0 Å². The molecule has 1 unspecified atom stereocenters. The van der Waals surface area contributed by atoms with Gasteiger partial charge in [0.1, 0.15) is 6.04 Å². The zero-order chi connectivity index (χ0) is 13.1. The molecule has 1 rings (SSSR count). The maximum absolute atomic E-state index is 13.1. The van der Waals surface area contributed by atoms with Gasteiger partial charge in [-0.05, 0) is 12.1 Å². The highest BCUT2D eigenvalue weighted by molar-refractivity contribution is 7.89. The number of aromatic nitrogens is 1. The largest absolute Gasteiger partial charge is 0.480 e. The maximum atomic E-state index is 13.1. The lowest BCUT2D eigenvalue weighted by Gasteiger charge is -2.11. The molecular formula is C8H9FN2O5S. The highest BCUT2D eigenvalue weighted by atomic mass is 32.2. The Bertz CT molecular complexity index is 518. The molecule has 1 atom stereocenters. The number of aliphatic hydroxyl groups is 1. The molecule has 0 fully saturated rings. The molecule has 3 N–H and O–H groups in total. The van der Waals surface area contributed by atoms with E-state index in [1.807, 2.05) is 0 Å². The van der Waals surface area contributed by atoms with Crippen molar-refractivity contribution >= 4 is 16.0 Å². The number of carboxylic acid groups (broad SMARTS) is 1. The van der Waals surface area contributed by atoms with Crippen LogP contribution in [0.4, 0.5) is 4.39 Å². The van der Waals surface area contributed by atoms with E-state index in [4.69, 9.17) is 10.2 Å². The van der Waals surface area contributed by atoms with Crippen LogP contribution in [0, 0.1) is 5.82 Å². The topological polar surface area (TPSA) is 117 Å². The third-order valence-electron chi connectivity index (χ3n) is 1.76. The molecule has 0 bridgehead atoms. The summed E-state index contributed by atoms with van der Waals surface area (Å²) in [4.78, 5) is 13.8. The van der Waals surface area contributed by atoms with E-state index in [1.54, 1.807) is 4.72 Å². The van der Waals surface area contributed by atoms with Crippen molar-refractivity contribution in [3.8, 4) is 0 Å². The van der Waals surface area contributed by atoms with Crippen molar-refractivity contribution in [1.82, 2.24) is 9.71 Å². The number of hydrogen-bond donors (Lipinski definition) is 3. The van der Waals surface area contributed by atoms with E-state index < -0.39 is 39.5 Å². The summed E-state index contributed by atoms with van der Waals surface area (Å²) in [6.07, 6.45) is 1.05. The number of aliphatic carboxylic acids is 1. The number of hydrogen-bond acceptors (Lipinski definition) is 5. The molecule has 1 aromatic heterocycles. The van der Waals surface area contributed by atoms with Crippen LogP contribution in [-0.4, -0.2) is 42.2 Å². The van der Waals surface area contributed by atoms with Crippen LogP contribution in [0.15, 0.2) is 23.4 Å². The molecule has 1 heterocycles. The van der Waals surface area contributed by atoms with Gasteiger partial charge in [0.05, 0.1) is 6.61 Å². The summed E-state index contributed by atoms with van der Waals surface area (Å²) in [7, 11) is -4.42. The average molecular weight is 264 g/mol. The first-order valence-electron chi connectivity index (χ1n) is 4.35. The molecule has 0 aliphatic rings. The van der Waals surface area contributed by atoms with Crippen molar-refractivity contribution in [2.45, 2.75) is 11.1 Å². The first kappa shape index (κ1) is 13.5. The first-order valence-corrected chi connectivity index (χ1v) is 5.83. The van der Waals surface area contributed by atoms with Crippen molar-refractivity contribution in [2.75, 3.05) is 6.61 Å². The molecule has 0 aliphatic heterocycles. The monoisotopic (exact) mass is 264 g/mol. The summed E-state index contributed by atoms with van der Waals surface area (Å²) < 4.78 is 37.8. The summed E-state index contributed by atoms with van der Waals surface area (Å²) in [5.74, 6) is -2.69. The average Bonchev–Trinajstić information content (AvgIpc) is 2.26. The number of rotatable bonds is 5. The maximum Gasteiger partial charge on any atom is 0.324 e. The Kier molecular flexibility index (Phi) is 4.10. The number of halogens is 1. The van der Waals surface area contributed by atoms with Crippen molar-refractivity contribution in [3.05, 3.63) is 24.1 Å². The van der Waals surface area contributed by atoms with Gasteiger partial charge in [0.15, 0.2) is 5.82 Å². The number of aliphatic hydroxyl groups excluding tert-OH is 1. The molecule has 0 saturated heterocycles. The van der Waals surface area contributed by atoms with Gasteiger partial charge in [0.2, 0.25) is 5.03 Å². The van der Waals surface area contributed by atoms with Crippen molar-refractivity contribution in [3.63, 3.8) is 0 Å². The fourth-order valence-corrected chi connectivity index (χ4v) is 2.16. The van der Waals surface area contributed by atoms with Gasteiger partial charge in [-0.1, -0.05) is 0 Å². The molecular weight excluding hydrogens is 255 g/mol. The number of sulfonamides is 1. The van der Waals surface area contributed by atoms with Crippen LogP contribution in [0.25, 0.3) is 0 Å². The summed E-state index contributed by atoms with van der Waals surface area (Å²) in [5, 5.41) is 16.3. The van der Waals surface area contributed by atoms with E-state index in [-0.39, 0.29) is 0 Å². The fraction of sp³-hybridized carbons (Fsp3) is 0.250. The van der Waals surface area contributed by atoms with Crippen LogP contribution in [0.1, 0.15) is 0 Å². The Balaban J connectivity index is 3.05. The first-order chi connectivity index (χ1) is 7.88. The van der Waals surface area contributed by atoms with E-state index in [0.717, 1.165) is 12.3 Å². The Morgan fingerprint density at radius 2 is 2.24 bits per heavy atom. The van der Waals surface area contributed by atoms with Crippen LogP contribution in [0.2, 0.25) is 0 Å². The van der Waals surface area contributed by atoms with Crippen LogP contribution in [0.5, 0.6) is 0 Å². The lowest BCUT2D eigenvalue weighted by Crippen LogP contribution is -2.43. The van der Waals surface area contributed by atoms with E-state index in [1.165, 1.54) is 6.07 Å². The van der Waals surface area contributed by atoms with Gasteiger partial charge < -0.3 is 10.2 Å². The predicted octanol–water partition coefficient (Wildman–Crippen LogP) is -1.06. The van der Waals surface area contributed by atoms with Gasteiger partial charge in [0, 0.05) is 6.20 Å². The lowest BCUT2D eigenvalue weighted by atomic mass is 10.3. The van der Waals surface area contributed by atoms with E-state index in [9.17, 15) is 17.6 Å². The molecule has 9 heteroatoms. The van der Waals surface area contributed by atoms with Gasteiger partial charge >= 0.3 is 5.97 Å². The number of nitrogens with zero attached hydrogens (tertiary/aromatic N) is 1. The number of nitrogens with one attached hydrogen (secondary N) is 1. The van der Waals surface area contributed by atoms with Gasteiger partial charge in [-0.15, -0.1) is 0 Å². The Morgan fingerprint density at radius 3 is 2.71 bits per heavy atom. The second-order valence-corrected chi connectivity index (χ2v) is 4.61. The summed E-state index contributed by atoms with van der Waals surface area (Å²) in [6, 6.07) is 0.312. The number of carboxylic acids is 1. The highest BCUT2D eigenvalue weighted by Crippen LogP contribution is 2.10. The zero-order valence-electron chi connectivity index (χ0n) is 8.37. The minimum atomic E-state index is -4.42. The fourth-order valence-electron chi connectivity index (χ4n) is 0.978. The number of pyridine rings is 1. The van der Waals surface area contributed by atoms with E-state index in [2.05, 4.69) is 4.98 Å². The normalized spacial score (nSPS) is 13.3. The quantitative estimate of drug-likeness (QED) is 0.624. The molecule has 0 amide bonds. The van der Waals surface area contributed by atoms with Crippen LogP contribution < -0.4 is 4.72 Å². The Labute approximate surface area is 96.0 Å². The van der Waals surface area contributed by atoms with Gasteiger partial charge in [-0.2, -0.15) is 4.72 Å². The third-order valence-corrected chi connectivity index (χ3v) is 3.16. The second kappa shape index (κ2) is 5.17. The smallest absolute Gasteiger partial charge is 0.324 e. The third kappa shape index (κ3) is 3.19. The zero-order valence-corrected chi connectivity index (χ0v) is 9.19. The molecule has 0 aliphatic carbocycles. The van der Waals surface area contributed by atoms with Crippen LogP contribution in [0.3, 0.4) is 0 Å². The molecule has 0 saturated carbocycles. The molecule has 1 aromatic rings. The van der Waals surface area contributed by atoms with Crippen molar-refractivity contribution < 1.29 is 27.8 Å². The number of carbonyl (C=O) groups is 1. The van der Waals surface area contributed by atoms with Crippen LogP contribution in [-0.2, 0) is 14.8 Å². The standard InChI is InChI=1S/C8H9FN2O5S/c9-5-2-1-3-10-7(5)17(15,16)11-6(4-12)8(13)14/h1-3,6,11-12H,4H2,(H,13,14). The van der Waals surface area contributed by atoms with Crippen LogP contribution >= 0.6 is 0 Å². The molecule has 94 valence electrons. The lowest BCUT2D eigenvalue weighted by molar-refractivity contribution is -0.139. The predicted molar refractivity (Wildman–Crippen MR) is 53.0 cm³/mol. The minimum absolute atomic E-state index is 0.871. The molecule has 0 spiro atoms. The van der Waals surface area contributed by atoms with Gasteiger partial charge in [-0.3, -0.25) is 4.79 Å². The van der Waals surface area contributed by atoms with E-state index in [0.29, 0.717) is 0 Å². The van der Waals surface area contributed by atoms with Gasteiger partial charge in [0.25, 0.3) is 10.0 Å². The minimum Gasteiger partial charge on any atom is -0.480 e. The summed E-state index contributed by atoms with van der Waals surface area (Å²) in [5.41, 5.74) is 0. The Morgan fingerprint density at radius 1 is 1.59 bits per heavy atom. The SMILES string of the molecule is O=C(O)C(CO)NS(=O)(=O)c1ncccc1F. The Hall–Kier alpha value is -1.58. The van der Waals surface area contributed by atoms with Crippen molar-refractivity contribution in [2.24, 2.45) is 0 Å². The van der Waals surface area contributed by atoms with Gasteiger partial charge in [-0.25, -0.2) is 17.8 Å². The molecule has 17 heavy (non-hydrogen) atoms. The summed E-state index contributed by atoms with van der Waals surface area (Å²) >= 11 is 0. The van der Waals surface area contributed by atoms with E-state index >= 15 is 0 Å². The highest BCUT2D eigenvalue weighted by Gasteiger charge is 2.27. The summed E-state index contributed by atoms with van der Waals surface area (Å²) in [6.45, 7) is -0.955. The molecule has 0 aromatic carbocycles. The molecule has 7 nitrogen and oxygen atoms in total. The molecule has 0 radical (unpaired) electrons. The second-order valence-electron chi connectivity index (χ2n) is 2.99.